The quantitative estimate of drug-likeness (QED) is 0.345. The van der Waals surface area contributed by atoms with Gasteiger partial charge in [-0.05, 0) is 79.4 Å². The summed E-state index contributed by atoms with van der Waals surface area (Å²) in [4.78, 5) is 48.0. The van der Waals surface area contributed by atoms with E-state index in [-0.39, 0.29) is 58.8 Å². The van der Waals surface area contributed by atoms with E-state index in [1.165, 1.54) is 19.4 Å². The molecule has 3 fully saturated rings. The average molecular weight is 545 g/mol. The summed E-state index contributed by atoms with van der Waals surface area (Å²) >= 11 is 0. The third kappa shape index (κ3) is 6.19. The van der Waals surface area contributed by atoms with E-state index in [4.69, 9.17) is 9.47 Å². The molecule has 39 heavy (non-hydrogen) atoms. The van der Waals surface area contributed by atoms with Crippen LogP contribution in [0, 0.1) is 34.5 Å². The first-order chi connectivity index (χ1) is 18.3. The van der Waals surface area contributed by atoms with Crippen molar-refractivity contribution < 1.29 is 28.7 Å². The third-order valence-corrected chi connectivity index (χ3v) is 10.6. The van der Waals surface area contributed by atoms with Crippen molar-refractivity contribution in [3.8, 4) is 0 Å². The van der Waals surface area contributed by atoms with Crippen LogP contribution in [0.2, 0.25) is 0 Å². The minimum atomic E-state index is -0.335. The Morgan fingerprint density at radius 3 is 2.44 bits per heavy atom. The molecule has 2 amide bonds. The molecule has 0 aromatic rings. The van der Waals surface area contributed by atoms with E-state index in [0.29, 0.717) is 37.1 Å². The van der Waals surface area contributed by atoms with Crippen molar-refractivity contribution in [3.63, 3.8) is 0 Å². The van der Waals surface area contributed by atoms with Crippen LogP contribution >= 0.6 is 0 Å². The molecule has 0 spiro atoms. The molecule has 2 N–H and O–H groups in total. The van der Waals surface area contributed by atoms with Crippen LogP contribution in [-0.2, 0) is 28.7 Å². The largest absolute Gasteiger partial charge is 0.462 e. The zero-order valence-corrected chi connectivity index (χ0v) is 24.6. The van der Waals surface area contributed by atoms with Crippen molar-refractivity contribution in [3.05, 3.63) is 11.6 Å². The molecule has 0 heterocycles. The first-order valence-corrected chi connectivity index (χ1v) is 14.9. The second-order valence-corrected chi connectivity index (χ2v) is 13.3. The number of fused-ring (bicyclic) bond motifs is 5. The SMILES string of the molecule is CC(=O)NCC(C)CCC(=O)O[C@H]1C[C@H]2[C@@H]3CC=C4C[C@@H](OC(C)=O)CC[C@]4(C)[C@H]3CC[C@]2(C)[C@H]1NC(C)=O. The zero-order valence-electron chi connectivity index (χ0n) is 24.6. The fraction of sp³-hybridized carbons (Fsp3) is 0.806. The molecular weight excluding hydrogens is 496 g/mol. The normalized spacial score (nSPS) is 37.7. The number of nitrogens with one attached hydrogen (secondary N) is 2. The van der Waals surface area contributed by atoms with Gasteiger partial charge >= 0.3 is 11.9 Å². The highest BCUT2D eigenvalue weighted by molar-refractivity contribution is 5.74. The topological polar surface area (TPSA) is 111 Å². The maximum absolute atomic E-state index is 12.9. The number of ether oxygens (including phenoxy) is 2. The number of hydrogen-bond acceptors (Lipinski definition) is 6. The van der Waals surface area contributed by atoms with Crippen LogP contribution in [0.15, 0.2) is 11.6 Å². The van der Waals surface area contributed by atoms with Gasteiger partial charge in [0.25, 0.3) is 0 Å². The summed E-state index contributed by atoms with van der Waals surface area (Å²) in [6, 6.07) is -0.195. The fourth-order valence-corrected chi connectivity index (χ4v) is 8.56. The van der Waals surface area contributed by atoms with E-state index in [1.54, 1.807) is 6.92 Å². The highest BCUT2D eigenvalue weighted by Gasteiger charge is 2.62. The number of carbonyl (C=O) groups excluding carboxylic acids is 4. The summed E-state index contributed by atoms with van der Waals surface area (Å²) in [7, 11) is 0. The number of hydrogen-bond donors (Lipinski definition) is 2. The summed E-state index contributed by atoms with van der Waals surface area (Å²) in [5.74, 6) is 0.947. The molecule has 0 bridgehead atoms. The van der Waals surface area contributed by atoms with E-state index in [2.05, 4.69) is 30.6 Å². The summed E-state index contributed by atoms with van der Waals surface area (Å²) in [6.07, 6.45) is 9.56. The zero-order chi connectivity index (χ0) is 28.5. The van der Waals surface area contributed by atoms with Crippen LogP contribution in [0.4, 0.5) is 0 Å². The minimum Gasteiger partial charge on any atom is -0.462 e. The molecule has 0 aliphatic heterocycles. The van der Waals surface area contributed by atoms with Crippen LogP contribution in [0.25, 0.3) is 0 Å². The van der Waals surface area contributed by atoms with Crippen LogP contribution in [-0.4, -0.2) is 48.5 Å². The second kappa shape index (κ2) is 11.6. The number of rotatable bonds is 8. The molecular formula is C31H48N2O6. The van der Waals surface area contributed by atoms with Crippen molar-refractivity contribution in [2.24, 2.45) is 34.5 Å². The van der Waals surface area contributed by atoms with Gasteiger partial charge in [-0.25, -0.2) is 0 Å². The first-order valence-electron chi connectivity index (χ1n) is 14.9. The van der Waals surface area contributed by atoms with Crippen molar-refractivity contribution in [1.29, 1.82) is 0 Å². The highest BCUT2D eigenvalue weighted by atomic mass is 16.5. The minimum absolute atomic E-state index is 0.0207. The molecule has 4 aliphatic rings. The Hall–Kier alpha value is -2.38. The number of amides is 2. The Morgan fingerprint density at radius 1 is 1.03 bits per heavy atom. The lowest BCUT2D eigenvalue weighted by Crippen LogP contribution is -2.55. The molecule has 218 valence electrons. The van der Waals surface area contributed by atoms with Crippen LogP contribution in [0.3, 0.4) is 0 Å². The van der Waals surface area contributed by atoms with Gasteiger partial charge in [-0.15, -0.1) is 0 Å². The number of allylic oxidation sites excluding steroid dienone is 1. The van der Waals surface area contributed by atoms with Gasteiger partial charge in [0.05, 0.1) is 6.04 Å². The molecule has 8 heteroatoms. The smallest absolute Gasteiger partial charge is 0.306 e. The van der Waals surface area contributed by atoms with E-state index in [9.17, 15) is 19.2 Å². The Bertz CT molecular complexity index is 1010. The summed E-state index contributed by atoms with van der Waals surface area (Å²) in [5.41, 5.74) is 1.41. The van der Waals surface area contributed by atoms with Crippen molar-refractivity contribution >= 4 is 23.8 Å². The van der Waals surface area contributed by atoms with E-state index >= 15 is 0 Å². The first kappa shape index (κ1) is 29.6. The monoisotopic (exact) mass is 544 g/mol. The molecule has 8 nitrogen and oxygen atoms in total. The highest BCUT2D eigenvalue weighted by Crippen LogP contribution is 2.65. The summed E-state index contributed by atoms with van der Waals surface area (Å²) < 4.78 is 11.7. The van der Waals surface area contributed by atoms with Crippen LogP contribution in [0.5, 0.6) is 0 Å². The molecule has 4 rings (SSSR count). The number of esters is 2. The Balaban J connectivity index is 1.47. The average Bonchev–Trinajstić information content (AvgIpc) is 3.12. The lowest BCUT2D eigenvalue weighted by Gasteiger charge is -2.57. The van der Waals surface area contributed by atoms with Gasteiger partial charge < -0.3 is 20.1 Å². The third-order valence-electron chi connectivity index (χ3n) is 10.6. The predicted molar refractivity (Wildman–Crippen MR) is 147 cm³/mol. The summed E-state index contributed by atoms with van der Waals surface area (Å²) in [6.45, 7) is 11.8. The van der Waals surface area contributed by atoms with Gasteiger partial charge in [-0.1, -0.05) is 32.4 Å². The van der Waals surface area contributed by atoms with Gasteiger partial charge in [0.15, 0.2) is 0 Å². The van der Waals surface area contributed by atoms with Gasteiger partial charge in [-0.2, -0.15) is 0 Å². The van der Waals surface area contributed by atoms with Crippen LogP contribution < -0.4 is 10.6 Å². The van der Waals surface area contributed by atoms with Crippen molar-refractivity contribution in [1.82, 2.24) is 10.6 Å². The second-order valence-electron chi connectivity index (χ2n) is 13.3. The van der Waals surface area contributed by atoms with Gasteiger partial charge in [0, 0.05) is 40.2 Å². The van der Waals surface area contributed by atoms with Gasteiger partial charge in [-0.3, -0.25) is 19.2 Å². The molecule has 9 atom stereocenters. The van der Waals surface area contributed by atoms with Crippen LogP contribution in [0.1, 0.15) is 99.3 Å². The molecule has 0 aromatic heterocycles. The molecule has 0 aromatic carbocycles. The lowest BCUT2D eigenvalue weighted by molar-refractivity contribution is -0.151. The molecule has 4 aliphatic carbocycles. The van der Waals surface area contributed by atoms with Crippen molar-refractivity contribution in [2.45, 2.75) is 118 Å². The van der Waals surface area contributed by atoms with Gasteiger partial charge in [0.1, 0.15) is 12.2 Å². The Labute approximate surface area is 233 Å². The number of carbonyl (C=O) groups is 4. The van der Waals surface area contributed by atoms with E-state index < -0.39 is 0 Å². The molecule has 3 saturated carbocycles. The molecule has 1 unspecified atom stereocenters. The Morgan fingerprint density at radius 2 is 1.77 bits per heavy atom. The molecule has 0 radical (unpaired) electrons. The van der Waals surface area contributed by atoms with E-state index in [0.717, 1.165) is 44.9 Å². The Kier molecular flexibility index (Phi) is 8.82. The fourth-order valence-electron chi connectivity index (χ4n) is 8.56. The maximum atomic E-state index is 12.9. The van der Waals surface area contributed by atoms with E-state index in [1.807, 2.05) is 6.92 Å². The van der Waals surface area contributed by atoms with Gasteiger partial charge in [0.2, 0.25) is 11.8 Å². The summed E-state index contributed by atoms with van der Waals surface area (Å²) in [5, 5.41) is 6.00. The predicted octanol–water partition coefficient (Wildman–Crippen LogP) is 4.46. The van der Waals surface area contributed by atoms with Crippen molar-refractivity contribution in [2.75, 3.05) is 6.54 Å². The molecule has 0 saturated heterocycles. The lowest BCUT2D eigenvalue weighted by atomic mass is 9.48. The standard InChI is InChI=1S/C31H48N2O6/c1-18(17-32-19(2)34)7-10-28(37)39-27-16-26-24-9-8-22-15-23(38-21(4)36)11-13-30(22,5)25(24)12-14-31(26,6)29(27)33-20(3)35/h8,18,23-27,29H,7,9-17H2,1-6H3,(H,32,34)(H,33,35)/t18?,23-,24+,25-,26-,27-,29-,30-,31-/m0/s1. The maximum Gasteiger partial charge on any atom is 0.306 e.